The first-order valence-electron chi connectivity index (χ1n) is 13.1. The molecule has 2 heterocycles. The van der Waals surface area contributed by atoms with E-state index < -0.39 is 0 Å². The molecule has 4 aromatic rings. The number of aromatic nitrogens is 1. The Balaban J connectivity index is 1.41. The van der Waals surface area contributed by atoms with Crippen molar-refractivity contribution in [3.05, 3.63) is 136 Å². The van der Waals surface area contributed by atoms with E-state index in [1.807, 2.05) is 12.1 Å². The Labute approximate surface area is 226 Å². The van der Waals surface area contributed by atoms with Crippen molar-refractivity contribution in [1.82, 2.24) is 19.7 Å². The summed E-state index contributed by atoms with van der Waals surface area (Å²) in [7, 11) is 0. The Hall–Kier alpha value is -3.02. The molecular formula is C32H35ClN4. The van der Waals surface area contributed by atoms with Crippen LogP contribution in [0.1, 0.15) is 28.1 Å². The Morgan fingerprint density at radius 1 is 0.514 bits per heavy atom. The van der Waals surface area contributed by atoms with Gasteiger partial charge in [0.15, 0.2) is 0 Å². The lowest BCUT2D eigenvalue weighted by molar-refractivity contribution is 0.154. The molecule has 0 radical (unpaired) electrons. The van der Waals surface area contributed by atoms with Crippen LogP contribution in [-0.4, -0.2) is 45.9 Å². The quantitative estimate of drug-likeness (QED) is 0.305. The maximum absolute atomic E-state index is 6.60. The third-order valence-electron chi connectivity index (χ3n) is 6.88. The molecule has 5 rings (SSSR count). The van der Waals surface area contributed by atoms with E-state index in [9.17, 15) is 0 Å². The number of halogens is 1. The van der Waals surface area contributed by atoms with Crippen LogP contribution in [0.15, 0.2) is 103 Å². The topological polar surface area (TPSA) is 22.6 Å². The number of hydrogen-bond acceptors (Lipinski definition) is 4. The van der Waals surface area contributed by atoms with Gasteiger partial charge in [0.05, 0.1) is 11.4 Å². The van der Waals surface area contributed by atoms with Gasteiger partial charge in [-0.2, -0.15) is 0 Å². The summed E-state index contributed by atoms with van der Waals surface area (Å²) in [5.41, 5.74) is 6.07. The third kappa shape index (κ3) is 7.98. The van der Waals surface area contributed by atoms with Crippen molar-refractivity contribution in [1.29, 1.82) is 0 Å². The maximum atomic E-state index is 6.60. The van der Waals surface area contributed by atoms with Crippen LogP contribution in [0.3, 0.4) is 0 Å². The summed E-state index contributed by atoms with van der Waals surface area (Å²) in [6.45, 7) is 8.21. The molecule has 0 amide bonds. The van der Waals surface area contributed by atoms with Gasteiger partial charge < -0.3 is 0 Å². The van der Waals surface area contributed by atoms with Crippen molar-refractivity contribution < 1.29 is 0 Å². The fourth-order valence-electron chi connectivity index (χ4n) is 5.02. The van der Waals surface area contributed by atoms with Gasteiger partial charge in [0, 0.05) is 63.9 Å². The van der Waals surface area contributed by atoms with Crippen LogP contribution >= 0.6 is 11.6 Å². The second-order valence-corrected chi connectivity index (χ2v) is 10.4. The van der Waals surface area contributed by atoms with E-state index >= 15 is 0 Å². The van der Waals surface area contributed by atoms with E-state index in [-0.39, 0.29) is 0 Å². The Morgan fingerprint density at radius 2 is 0.865 bits per heavy atom. The zero-order valence-corrected chi connectivity index (χ0v) is 22.1. The van der Waals surface area contributed by atoms with Crippen molar-refractivity contribution in [3.8, 4) is 0 Å². The molecule has 0 aliphatic carbocycles. The number of benzene rings is 3. The SMILES string of the molecule is Clc1cc2nc(c1)CN(Cc1ccccc1)CCN(Cc1ccccc1)CCN(Cc1ccccc1)C2. The van der Waals surface area contributed by atoms with E-state index in [2.05, 4.69) is 106 Å². The minimum Gasteiger partial charge on any atom is -0.297 e. The van der Waals surface area contributed by atoms with Gasteiger partial charge in [0.25, 0.3) is 0 Å². The molecule has 3 aromatic carbocycles. The molecule has 0 spiro atoms. The summed E-state index contributed by atoms with van der Waals surface area (Å²) >= 11 is 6.60. The van der Waals surface area contributed by atoms with Crippen molar-refractivity contribution in [2.45, 2.75) is 32.7 Å². The van der Waals surface area contributed by atoms with Crippen molar-refractivity contribution in [2.24, 2.45) is 0 Å². The number of hydrogen-bond donors (Lipinski definition) is 0. The van der Waals surface area contributed by atoms with E-state index in [1.165, 1.54) is 16.7 Å². The zero-order chi connectivity index (χ0) is 25.3. The Bertz CT molecular complexity index is 1160. The molecule has 0 N–H and O–H groups in total. The highest BCUT2D eigenvalue weighted by Crippen LogP contribution is 2.19. The zero-order valence-electron chi connectivity index (χ0n) is 21.3. The van der Waals surface area contributed by atoms with E-state index in [0.717, 1.165) is 75.3 Å². The standard InChI is InChI=1S/C32H35ClN4/c33-30-20-31-25-36(23-28-12-6-2-7-13-28)18-16-35(22-27-10-4-1-5-11-27)17-19-37(26-32(21-30)34-31)24-29-14-8-3-9-15-29/h1-15,20-21H,16-19,22-26H2. The van der Waals surface area contributed by atoms with Gasteiger partial charge in [-0.1, -0.05) is 103 Å². The largest absolute Gasteiger partial charge is 0.297 e. The highest BCUT2D eigenvalue weighted by molar-refractivity contribution is 6.30. The van der Waals surface area contributed by atoms with Crippen molar-refractivity contribution in [2.75, 3.05) is 26.2 Å². The maximum Gasteiger partial charge on any atom is 0.0562 e. The average molecular weight is 511 g/mol. The van der Waals surface area contributed by atoms with Crippen LogP contribution in [-0.2, 0) is 32.7 Å². The minimum atomic E-state index is 0.766. The van der Waals surface area contributed by atoms with Gasteiger partial charge in [-0.3, -0.25) is 19.7 Å². The third-order valence-corrected chi connectivity index (χ3v) is 7.10. The first kappa shape index (κ1) is 25.6. The molecule has 0 saturated carbocycles. The van der Waals surface area contributed by atoms with Crippen LogP contribution in [0.4, 0.5) is 0 Å². The lowest BCUT2D eigenvalue weighted by Gasteiger charge is -2.31. The van der Waals surface area contributed by atoms with Gasteiger partial charge in [-0.15, -0.1) is 0 Å². The lowest BCUT2D eigenvalue weighted by Crippen LogP contribution is -2.39. The van der Waals surface area contributed by atoms with E-state index in [1.54, 1.807) is 0 Å². The fraction of sp³-hybridized carbons (Fsp3) is 0.281. The predicted molar refractivity (Wildman–Crippen MR) is 152 cm³/mol. The Kier molecular flexibility index (Phi) is 8.99. The van der Waals surface area contributed by atoms with Crippen LogP contribution in [0, 0.1) is 0 Å². The van der Waals surface area contributed by atoms with E-state index in [4.69, 9.17) is 16.6 Å². The molecule has 1 aliphatic rings. The average Bonchev–Trinajstić information content (AvgIpc) is 2.91. The van der Waals surface area contributed by atoms with Gasteiger partial charge in [0.1, 0.15) is 0 Å². The molecule has 1 aliphatic heterocycles. The van der Waals surface area contributed by atoms with Gasteiger partial charge in [0.2, 0.25) is 0 Å². The molecule has 1 aromatic heterocycles. The van der Waals surface area contributed by atoms with Crippen LogP contribution < -0.4 is 0 Å². The number of nitrogens with zero attached hydrogens (tertiary/aromatic N) is 4. The number of rotatable bonds is 6. The molecule has 0 fully saturated rings. The lowest BCUT2D eigenvalue weighted by atomic mass is 10.1. The molecule has 5 heteroatoms. The molecule has 4 nitrogen and oxygen atoms in total. The summed E-state index contributed by atoms with van der Waals surface area (Å²) in [6.07, 6.45) is 0. The van der Waals surface area contributed by atoms with Crippen LogP contribution in [0.5, 0.6) is 0 Å². The summed E-state index contributed by atoms with van der Waals surface area (Å²) in [4.78, 5) is 12.7. The normalized spacial score (nSPS) is 16.1. The monoisotopic (exact) mass is 510 g/mol. The van der Waals surface area contributed by atoms with Gasteiger partial charge >= 0.3 is 0 Å². The van der Waals surface area contributed by atoms with Crippen molar-refractivity contribution in [3.63, 3.8) is 0 Å². The number of fused-ring (bicyclic) bond motifs is 2. The fourth-order valence-corrected chi connectivity index (χ4v) is 5.27. The minimum absolute atomic E-state index is 0.766. The van der Waals surface area contributed by atoms with Crippen molar-refractivity contribution >= 4 is 11.6 Å². The highest BCUT2D eigenvalue weighted by Gasteiger charge is 2.17. The molecule has 0 unspecified atom stereocenters. The first-order chi connectivity index (χ1) is 18.2. The smallest absolute Gasteiger partial charge is 0.0562 e. The molecule has 2 bridgehead atoms. The molecular weight excluding hydrogens is 476 g/mol. The summed E-state index contributed by atoms with van der Waals surface area (Å²) < 4.78 is 0. The Morgan fingerprint density at radius 3 is 1.27 bits per heavy atom. The van der Waals surface area contributed by atoms with Crippen LogP contribution in [0.2, 0.25) is 5.02 Å². The molecule has 0 saturated heterocycles. The number of pyridine rings is 1. The molecule has 37 heavy (non-hydrogen) atoms. The first-order valence-corrected chi connectivity index (χ1v) is 13.5. The second-order valence-electron chi connectivity index (χ2n) is 9.92. The second kappa shape index (κ2) is 13.0. The molecule has 190 valence electrons. The van der Waals surface area contributed by atoms with Gasteiger partial charge in [-0.05, 0) is 28.8 Å². The van der Waals surface area contributed by atoms with E-state index in [0.29, 0.717) is 0 Å². The summed E-state index contributed by atoms with van der Waals surface area (Å²) in [5, 5.41) is 0.766. The summed E-state index contributed by atoms with van der Waals surface area (Å²) in [5.74, 6) is 0. The van der Waals surface area contributed by atoms with Crippen LogP contribution in [0.25, 0.3) is 0 Å². The predicted octanol–water partition coefficient (Wildman–Crippen LogP) is 6.26. The highest BCUT2D eigenvalue weighted by atomic mass is 35.5. The molecule has 0 atom stereocenters. The van der Waals surface area contributed by atoms with Gasteiger partial charge in [-0.25, -0.2) is 0 Å². The summed E-state index contributed by atoms with van der Waals surface area (Å²) in [6, 6.07) is 36.3.